The molecule has 0 bridgehead atoms. The average Bonchev–Trinajstić information content (AvgIpc) is 2.19. The molecule has 0 aliphatic heterocycles. The summed E-state index contributed by atoms with van der Waals surface area (Å²) in [5.41, 5.74) is -0.765. The molecule has 1 saturated carbocycles. The third kappa shape index (κ3) is 4.08. The fourth-order valence-electron chi connectivity index (χ4n) is 2.69. The van der Waals surface area contributed by atoms with E-state index in [1.54, 1.807) is 0 Å². The molecular weight excluding hydrogens is 196 g/mol. The van der Waals surface area contributed by atoms with Gasteiger partial charge in [0.25, 0.3) is 0 Å². The van der Waals surface area contributed by atoms with Gasteiger partial charge in [0.05, 0.1) is 0 Å². The van der Waals surface area contributed by atoms with Gasteiger partial charge in [0, 0.05) is 0 Å². The maximum absolute atomic E-state index is 12.6. The first-order chi connectivity index (χ1) is 7.46. The van der Waals surface area contributed by atoms with Crippen LogP contribution in [0.1, 0.15) is 85.0 Å². The predicted octanol–water partition coefficient (Wildman–Crippen LogP) is 5.12. The average molecular weight is 225 g/mol. The first kappa shape index (κ1) is 14.0. The number of rotatable bonds is 0. The van der Waals surface area contributed by atoms with Crippen LogP contribution in [0, 0.1) is 5.41 Å². The van der Waals surface area contributed by atoms with E-state index < -0.39 is 5.60 Å². The summed E-state index contributed by atoms with van der Waals surface area (Å²) in [5, 5.41) is 12.6. The van der Waals surface area contributed by atoms with Crippen molar-refractivity contribution in [3.8, 4) is 0 Å². The van der Waals surface area contributed by atoms with Crippen LogP contribution in [0.3, 0.4) is 0 Å². The zero-order valence-corrected chi connectivity index (χ0v) is 11.5. The van der Waals surface area contributed by atoms with Gasteiger partial charge < -0.3 is 0 Å². The molecule has 95 valence electrons. The summed E-state index contributed by atoms with van der Waals surface area (Å²) in [6.07, 6.45) is 12.4. The molecule has 1 atom stereocenters. The summed E-state index contributed by atoms with van der Waals surface area (Å²) < 4.78 is 0. The third-order valence-electron chi connectivity index (χ3n) is 4.64. The van der Waals surface area contributed by atoms with Crippen molar-refractivity contribution in [3.63, 3.8) is 0 Å². The van der Waals surface area contributed by atoms with Crippen LogP contribution in [0.2, 0.25) is 0 Å². The molecule has 1 rings (SSSR count). The minimum atomic E-state index is -0.730. The maximum atomic E-state index is 12.6. The summed E-state index contributed by atoms with van der Waals surface area (Å²) in [6.45, 7) is 6.27. The van der Waals surface area contributed by atoms with E-state index in [0.717, 1.165) is 19.3 Å². The summed E-state index contributed by atoms with van der Waals surface area (Å²) in [7, 11) is 0. The topological polar surface area (TPSA) is 19.9 Å². The fourth-order valence-corrected chi connectivity index (χ4v) is 2.69. The van der Waals surface area contributed by atoms with Crippen LogP contribution in [0.4, 0.5) is 0 Å². The second-order valence-corrected chi connectivity index (χ2v) is 6.44. The van der Waals surface area contributed by atoms with E-state index in [2.05, 4.69) is 13.8 Å². The Hall–Kier alpha value is -0.0400. The normalized spacial score (nSPS) is 33.8. The molecule has 16 heavy (non-hydrogen) atoms. The number of hydrogen-bond donors (Lipinski definition) is 0. The Labute approximate surface area is 102 Å². The molecule has 1 heteroatoms. The van der Waals surface area contributed by atoms with Crippen LogP contribution in [0.5, 0.6) is 0 Å². The van der Waals surface area contributed by atoms with Crippen molar-refractivity contribution in [2.45, 2.75) is 90.6 Å². The molecule has 1 fully saturated rings. The van der Waals surface area contributed by atoms with Gasteiger partial charge in [-0.1, -0.05) is 65.2 Å². The molecule has 0 heterocycles. The van der Waals surface area contributed by atoms with Gasteiger partial charge in [0.1, 0.15) is 5.60 Å². The largest absolute Gasteiger partial charge is 0.229 e. The van der Waals surface area contributed by atoms with Gasteiger partial charge in [0.15, 0.2) is 0 Å². The van der Waals surface area contributed by atoms with Crippen LogP contribution in [-0.4, -0.2) is 5.60 Å². The van der Waals surface area contributed by atoms with Crippen LogP contribution in [0.15, 0.2) is 0 Å². The molecule has 0 N–H and O–H groups in total. The van der Waals surface area contributed by atoms with Crippen LogP contribution in [-0.2, 0) is 5.11 Å². The van der Waals surface area contributed by atoms with Crippen molar-refractivity contribution >= 4 is 0 Å². The van der Waals surface area contributed by atoms with Crippen molar-refractivity contribution in [2.75, 3.05) is 0 Å². The first-order valence-electron chi connectivity index (χ1n) is 7.16. The lowest BCUT2D eigenvalue weighted by atomic mass is 9.70. The molecule has 0 saturated heterocycles. The Morgan fingerprint density at radius 3 is 1.50 bits per heavy atom. The molecule has 0 aromatic carbocycles. The van der Waals surface area contributed by atoms with Gasteiger partial charge in [-0.2, -0.15) is 0 Å². The van der Waals surface area contributed by atoms with Gasteiger partial charge in [-0.25, -0.2) is 5.11 Å². The van der Waals surface area contributed by atoms with E-state index in [1.807, 2.05) is 6.92 Å². The molecule has 1 aliphatic carbocycles. The quantitative estimate of drug-likeness (QED) is 0.545. The van der Waals surface area contributed by atoms with E-state index in [4.69, 9.17) is 0 Å². The lowest BCUT2D eigenvalue weighted by Crippen LogP contribution is -2.40. The zero-order chi connectivity index (χ0) is 12.1. The molecule has 0 aromatic heterocycles. The fraction of sp³-hybridized carbons (Fsp3) is 1.00. The number of hydrogen-bond acceptors (Lipinski definition) is 0. The maximum Gasteiger partial charge on any atom is 0.106 e. The van der Waals surface area contributed by atoms with E-state index in [-0.39, 0.29) is 5.41 Å². The van der Waals surface area contributed by atoms with Crippen LogP contribution >= 0.6 is 0 Å². The Balaban J connectivity index is 2.54. The molecule has 1 nitrogen and oxygen atoms in total. The lowest BCUT2D eigenvalue weighted by Gasteiger charge is -2.38. The third-order valence-corrected chi connectivity index (χ3v) is 4.64. The van der Waals surface area contributed by atoms with Gasteiger partial charge >= 0.3 is 0 Å². The molecule has 0 amide bonds. The highest BCUT2D eigenvalue weighted by molar-refractivity contribution is 4.89. The minimum Gasteiger partial charge on any atom is -0.229 e. The first-order valence-corrected chi connectivity index (χ1v) is 7.16. The molecular formula is C15H29O. The van der Waals surface area contributed by atoms with Gasteiger partial charge in [-0.3, -0.25) is 0 Å². The second-order valence-electron chi connectivity index (χ2n) is 6.44. The molecule has 1 aliphatic rings. The van der Waals surface area contributed by atoms with Gasteiger partial charge in [-0.05, 0) is 25.2 Å². The monoisotopic (exact) mass is 225 g/mol. The van der Waals surface area contributed by atoms with Crippen molar-refractivity contribution < 1.29 is 5.11 Å². The lowest BCUT2D eigenvalue weighted by molar-refractivity contribution is -0.115. The summed E-state index contributed by atoms with van der Waals surface area (Å²) in [5.74, 6) is 0. The van der Waals surface area contributed by atoms with E-state index in [9.17, 15) is 5.11 Å². The second kappa shape index (κ2) is 6.05. The molecule has 1 unspecified atom stereocenters. The molecule has 1 radical (unpaired) electrons. The van der Waals surface area contributed by atoms with E-state index in [0.29, 0.717) is 0 Å². The SMILES string of the molecule is CC1(C)CCCCCCCCCCC1(C)[O]. The minimum absolute atomic E-state index is 0.0355. The van der Waals surface area contributed by atoms with Crippen molar-refractivity contribution in [3.05, 3.63) is 0 Å². The zero-order valence-electron chi connectivity index (χ0n) is 11.5. The van der Waals surface area contributed by atoms with Gasteiger partial charge in [0.2, 0.25) is 0 Å². The van der Waals surface area contributed by atoms with Crippen molar-refractivity contribution in [2.24, 2.45) is 5.41 Å². The van der Waals surface area contributed by atoms with E-state index in [1.165, 1.54) is 44.9 Å². The standard InChI is InChI=1S/C15H29O/c1-14(2)12-10-8-6-4-5-7-9-11-13-15(14,3)16/h4-13H2,1-3H3. The predicted molar refractivity (Wildman–Crippen MR) is 69.0 cm³/mol. The summed E-state index contributed by atoms with van der Waals surface area (Å²) in [6, 6.07) is 0. The highest BCUT2D eigenvalue weighted by atomic mass is 16.3. The Morgan fingerprint density at radius 1 is 0.625 bits per heavy atom. The Bertz CT molecular complexity index is 172. The highest BCUT2D eigenvalue weighted by Gasteiger charge is 2.39. The van der Waals surface area contributed by atoms with Gasteiger partial charge in [-0.15, -0.1) is 0 Å². The summed E-state index contributed by atoms with van der Waals surface area (Å²) in [4.78, 5) is 0. The van der Waals surface area contributed by atoms with Crippen LogP contribution < -0.4 is 0 Å². The summed E-state index contributed by atoms with van der Waals surface area (Å²) >= 11 is 0. The van der Waals surface area contributed by atoms with E-state index >= 15 is 0 Å². The highest BCUT2D eigenvalue weighted by Crippen LogP contribution is 2.40. The van der Waals surface area contributed by atoms with Crippen LogP contribution in [0.25, 0.3) is 0 Å². The Kier molecular flexibility index (Phi) is 5.30. The van der Waals surface area contributed by atoms with Crippen molar-refractivity contribution in [1.82, 2.24) is 0 Å². The molecule has 0 spiro atoms. The van der Waals surface area contributed by atoms with Crippen molar-refractivity contribution in [1.29, 1.82) is 0 Å². The molecule has 0 aromatic rings. The Morgan fingerprint density at radius 2 is 1.00 bits per heavy atom. The smallest absolute Gasteiger partial charge is 0.106 e.